The Morgan fingerprint density at radius 1 is 1.07 bits per heavy atom. The largest absolute Gasteiger partial charge is 0.449 e. The van der Waals surface area contributed by atoms with Gasteiger partial charge in [-0.2, -0.15) is 0 Å². The molecular formula is C24H22ClN3O2. The molecule has 0 bridgehead atoms. The van der Waals surface area contributed by atoms with Crippen molar-refractivity contribution in [1.29, 1.82) is 0 Å². The molecule has 1 aromatic heterocycles. The highest BCUT2D eigenvalue weighted by atomic mass is 35.5. The van der Waals surface area contributed by atoms with Crippen LogP contribution in [0.25, 0.3) is 17.2 Å². The van der Waals surface area contributed by atoms with Gasteiger partial charge in [0.25, 0.3) is 0 Å². The second-order valence-corrected chi connectivity index (χ2v) is 7.42. The second kappa shape index (κ2) is 9.01. The monoisotopic (exact) mass is 419 g/mol. The minimum absolute atomic E-state index is 0.0596. The number of fused-ring (bicyclic) bond motifs is 3. The average molecular weight is 420 g/mol. The van der Waals surface area contributed by atoms with Crippen molar-refractivity contribution in [1.82, 2.24) is 10.3 Å². The number of nitrogen functional groups attached to an aromatic ring is 1. The van der Waals surface area contributed by atoms with E-state index in [0.29, 0.717) is 25.3 Å². The summed E-state index contributed by atoms with van der Waals surface area (Å²) in [6, 6.07) is 20.0. The molecule has 3 aromatic rings. The molecule has 0 unspecified atom stereocenters. The highest BCUT2D eigenvalue weighted by Gasteiger charge is 2.28. The number of anilines is 1. The molecular weight excluding hydrogens is 398 g/mol. The number of pyridine rings is 1. The van der Waals surface area contributed by atoms with E-state index in [0.717, 1.165) is 5.69 Å². The van der Waals surface area contributed by atoms with Crippen LogP contribution in [-0.4, -0.2) is 24.2 Å². The van der Waals surface area contributed by atoms with Crippen molar-refractivity contribution in [3.05, 3.63) is 88.7 Å². The van der Waals surface area contributed by atoms with Crippen LogP contribution in [0, 0.1) is 0 Å². The first kappa shape index (κ1) is 20.0. The molecule has 0 radical (unpaired) electrons. The fourth-order valence-corrected chi connectivity index (χ4v) is 3.82. The van der Waals surface area contributed by atoms with Crippen LogP contribution in [0.5, 0.6) is 0 Å². The lowest BCUT2D eigenvalue weighted by Gasteiger charge is -2.14. The van der Waals surface area contributed by atoms with Gasteiger partial charge in [-0.05, 0) is 46.9 Å². The van der Waals surface area contributed by atoms with Crippen molar-refractivity contribution in [2.75, 3.05) is 18.9 Å². The third-order valence-electron chi connectivity index (χ3n) is 5.11. The van der Waals surface area contributed by atoms with Crippen molar-refractivity contribution < 1.29 is 9.53 Å². The Hall–Kier alpha value is -3.31. The van der Waals surface area contributed by atoms with Gasteiger partial charge >= 0.3 is 6.09 Å². The number of alkyl carbamates (subject to hydrolysis) is 1. The van der Waals surface area contributed by atoms with Gasteiger partial charge in [0.1, 0.15) is 6.61 Å². The van der Waals surface area contributed by atoms with Gasteiger partial charge in [0.05, 0.1) is 11.4 Å². The third-order valence-corrected chi connectivity index (χ3v) is 5.41. The highest BCUT2D eigenvalue weighted by molar-refractivity contribution is 6.31. The summed E-state index contributed by atoms with van der Waals surface area (Å²) in [7, 11) is 0. The van der Waals surface area contributed by atoms with Gasteiger partial charge in [-0.3, -0.25) is 0 Å². The van der Waals surface area contributed by atoms with E-state index in [1.807, 2.05) is 36.4 Å². The molecule has 3 N–H and O–H groups in total. The van der Waals surface area contributed by atoms with Gasteiger partial charge in [0.15, 0.2) is 5.15 Å². The molecule has 0 saturated heterocycles. The quantitative estimate of drug-likeness (QED) is 0.422. The van der Waals surface area contributed by atoms with E-state index in [9.17, 15) is 4.79 Å². The first-order chi connectivity index (χ1) is 14.6. The molecule has 4 rings (SSSR count). The summed E-state index contributed by atoms with van der Waals surface area (Å²) in [4.78, 5) is 16.3. The van der Waals surface area contributed by atoms with Crippen LogP contribution in [0.1, 0.15) is 29.2 Å². The fraction of sp³-hybridized carbons (Fsp3) is 0.167. The minimum Gasteiger partial charge on any atom is -0.449 e. The Morgan fingerprint density at radius 3 is 2.40 bits per heavy atom. The molecule has 30 heavy (non-hydrogen) atoms. The number of nitrogens with zero attached hydrogens (tertiary/aromatic N) is 1. The predicted molar refractivity (Wildman–Crippen MR) is 120 cm³/mol. The van der Waals surface area contributed by atoms with Crippen LogP contribution in [0.2, 0.25) is 5.15 Å². The summed E-state index contributed by atoms with van der Waals surface area (Å²) in [6.45, 7) is 0.777. The Bertz CT molecular complexity index is 1050. The molecule has 0 spiro atoms. The van der Waals surface area contributed by atoms with Crippen molar-refractivity contribution in [3.63, 3.8) is 0 Å². The zero-order valence-corrected chi connectivity index (χ0v) is 17.1. The number of amides is 1. The second-order valence-electron chi connectivity index (χ2n) is 7.06. The molecule has 1 aliphatic rings. The van der Waals surface area contributed by atoms with E-state index < -0.39 is 6.09 Å². The number of halogens is 1. The third kappa shape index (κ3) is 4.31. The minimum atomic E-state index is -0.418. The van der Waals surface area contributed by atoms with Gasteiger partial charge in [-0.15, -0.1) is 0 Å². The number of benzene rings is 2. The molecule has 0 saturated carbocycles. The molecule has 0 aliphatic heterocycles. The smallest absolute Gasteiger partial charge is 0.407 e. The number of carbonyl (C=O) groups excluding carboxylic acids is 1. The molecule has 0 fully saturated rings. The van der Waals surface area contributed by atoms with Crippen molar-refractivity contribution in [2.45, 2.75) is 12.3 Å². The van der Waals surface area contributed by atoms with Crippen LogP contribution >= 0.6 is 11.6 Å². The number of carbonyl (C=O) groups is 1. The topological polar surface area (TPSA) is 77.2 Å². The standard InChI is InChI=1S/C24H22ClN3O2/c25-23-22(26)13-12-16(28-23)7-5-6-14-27-24(29)30-15-21-19-10-3-1-8-17(19)18-9-2-4-11-20(18)21/h1-5,7-13,21H,6,14-15,26H2,(H,27,29). The Kier molecular flexibility index (Phi) is 6.00. The zero-order chi connectivity index (χ0) is 20.9. The Morgan fingerprint density at radius 2 is 1.73 bits per heavy atom. The summed E-state index contributed by atoms with van der Waals surface area (Å²) < 4.78 is 5.52. The number of nitrogens with one attached hydrogen (secondary N) is 1. The number of hydrogen-bond acceptors (Lipinski definition) is 4. The van der Waals surface area contributed by atoms with E-state index in [1.54, 1.807) is 12.1 Å². The maximum Gasteiger partial charge on any atom is 0.407 e. The average Bonchev–Trinajstić information content (AvgIpc) is 3.08. The van der Waals surface area contributed by atoms with Gasteiger partial charge < -0.3 is 15.8 Å². The number of rotatable bonds is 6. The molecule has 5 nitrogen and oxygen atoms in total. The summed E-state index contributed by atoms with van der Waals surface area (Å²) in [5, 5.41) is 3.07. The maximum absolute atomic E-state index is 12.1. The van der Waals surface area contributed by atoms with Crippen LogP contribution in [-0.2, 0) is 4.74 Å². The van der Waals surface area contributed by atoms with Crippen LogP contribution in [0.4, 0.5) is 10.5 Å². The molecule has 0 atom stereocenters. The number of nitrogens with two attached hydrogens (primary N) is 1. The molecule has 6 heteroatoms. The molecule has 1 heterocycles. The lowest BCUT2D eigenvalue weighted by Crippen LogP contribution is -2.26. The Labute approximate surface area is 180 Å². The normalized spacial score (nSPS) is 12.6. The number of aromatic nitrogens is 1. The zero-order valence-electron chi connectivity index (χ0n) is 16.3. The first-order valence-electron chi connectivity index (χ1n) is 9.81. The van der Waals surface area contributed by atoms with E-state index in [-0.39, 0.29) is 11.1 Å². The summed E-state index contributed by atoms with van der Waals surface area (Å²) in [5.41, 5.74) is 11.6. The maximum atomic E-state index is 12.1. The van der Waals surface area contributed by atoms with E-state index in [4.69, 9.17) is 22.1 Å². The number of hydrogen-bond donors (Lipinski definition) is 2. The van der Waals surface area contributed by atoms with E-state index >= 15 is 0 Å². The summed E-state index contributed by atoms with van der Waals surface area (Å²) in [6.07, 6.45) is 3.98. The Balaban J connectivity index is 1.27. The van der Waals surface area contributed by atoms with Crippen LogP contribution in [0.3, 0.4) is 0 Å². The van der Waals surface area contributed by atoms with Gasteiger partial charge in [-0.1, -0.05) is 66.2 Å². The van der Waals surface area contributed by atoms with Crippen molar-refractivity contribution in [3.8, 4) is 11.1 Å². The summed E-state index contributed by atoms with van der Waals surface area (Å²) >= 11 is 5.90. The van der Waals surface area contributed by atoms with Gasteiger partial charge in [0.2, 0.25) is 0 Å². The fourth-order valence-electron chi connectivity index (χ4n) is 3.66. The summed E-state index contributed by atoms with van der Waals surface area (Å²) in [5.74, 6) is 0.0596. The molecule has 1 amide bonds. The van der Waals surface area contributed by atoms with Crippen molar-refractivity contribution >= 4 is 29.5 Å². The highest BCUT2D eigenvalue weighted by Crippen LogP contribution is 2.44. The first-order valence-corrected chi connectivity index (χ1v) is 10.2. The van der Waals surface area contributed by atoms with Crippen molar-refractivity contribution in [2.24, 2.45) is 0 Å². The number of ether oxygens (including phenoxy) is 1. The van der Waals surface area contributed by atoms with E-state index in [1.165, 1.54) is 22.3 Å². The predicted octanol–water partition coefficient (Wildman–Crippen LogP) is 5.26. The van der Waals surface area contributed by atoms with Crippen LogP contribution in [0.15, 0.2) is 66.7 Å². The lowest BCUT2D eigenvalue weighted by molar-refractivity contribution is 0.143. The van der Waals surface area contributed by atoms with Gasteiger partial charge in [0, 0.05) is 12.5 Å². The molecule has 152 valence electrons. The molecule has 1 aliphatic carbocycles. The van der Waals surface area contributed by atoms with E-state index in [2.05, 4.69) is 34.6 Å². The molecule has 2 aromatic carbocycles. The SMILES string of the molecule is Nc1ccc(C=CCCNC(=O)OCC2c3ccccc3-c3ccccc32)nc1Cl. The van der Waals surface area contributed by atoms with Gasteiger partial charge in [-0.25, -0.2) is 9.78 Å². The lowest BCUT2D eigenvalue weighted by atomic mass is 9.98. The van der Waals surface area contributed by atoms with Crippen LogP contribution < -0.4 is 11.1 Å².